The molecule has 0 atom stereocenters. The monoisotopic (exact) mass is 420 g/mol. The van der Waals surface area contributed by atoms with Crippen molar-refractivity contribution in [2.24, 2.45) is 0 Å². The van der Waals surface area contributed by atoms with Gasteiger partial charge >= 0.3 is 0 Å². The molecule has 3 aromatic rings. The minimum Gasteiger partial charge on any atom is -0.348 e. The molecule has 1 aliphatic rings. The van der Waals surface area contributed by atoms with E-state index in [-0.39, 0.29) is 18.0 Å². The van der Waals surface area contributed by atoms with E-state index in [4.69, 9.17) is 0 Å². The summed E-state index contributed by atoms with van der Waals surface area (Å²) in [4.78, 5) is 26.0. The number of carbonyl (C=O) groups excluding carboxylic acids is 2. The predicted molar refractivity (Wildman–Crippen MR) is 114 cm³/mol. The third-order valence-electron chi connectivity index (χ3n) is 5.39. The molecule has 1 N–H and O–H groups in total. The van der Waals surface area contributed by atoms with Crippen molar-refractivity contribution < 1.29 is 18.4 Å². The summed E-state index contributed by atoms with van der Waals surface area (Å²) in [6.07, 6.45) is 1.54. The van der Waals surface area contributed by atoms with E-state index in [1.165, 1.54) is 0 Å². The van der Waals surface area contributed by atoms with E-state index in [0.29, 0.717) is 13.0 Å². The zero-order valence-electron chi connectivity index (χ0n) is 16.9. The summed E-state index contributed by atoms with van der Waals surface area (Å²) in [5.41, 5.74) is 3.83. The van der Waals surface area contributed by atoms with Crippen molar-refractivity contribution in [1.82, 2.24) is 10.2 Å². The van der Waals surface area contributed by atoms with Crippen molar-refractivity contribution in [2.75, 3.05) is 6.54 Å². The molecule has 1 aliphatic heterocycles. The summed E-state index contributed by atoms with van der Waals surface area (Å²) in [5.74, 6) is -1.93. The highest BCUT2D eigenvalue weighted by Gasteiger charge is 2.20. The van der Waals surface area contributed by atoms with E-state index in [1.54, 1.807) is 0 Å². The molecule has 3 aromatic carbocycles. The average molecular weight is 420 g/mol. The maximum Gasteiger partial charge on any atom is 0.251 e. The maximum absolute atomic E-state index is 13.4. The Bertz CT molecular complexity index is 1090. The van der Waals surface area contributed by atoms with Gasteiger partial charge in [0.1, 0.15) is 11.6 Å². The highest BCUT2D eigenvalue weighted by Crippen LogP contribution is 2.25. The molecule has 1 saturated heterocycles. The summed E-state index contributed by atoms with van der Waals surface area (Å²) in [6, 6.07) is 18.4. The molecule has 0 radical (unpaired) electrons. The number of hydrogen-bond acceptors (Lipinski definition) is 2. The number of halogens is 2. The van der Waals surface area contributed by atoms with Gasteiger partial charge < -0.3 is 10.2 Å². The van der Waals surface area contributed by atoms with Gasteiger partial charge in [-0.1, -0.05) is 48.5 Å². The second-order valence-electron chi connectivity index (χ2n) is 7.61. The van der Waals surface area contributed by atoms with Crippen LogP contribution in [0.25, 0.3) is 11.1 Å². The normalized spacial score (nSPS) is 13.5. The van der Waals surface area contributed by atoms with Crippen molar-refractivity contribution in [2.45, 2.75) is 25.9 Å². The number of amides is 2. The molecular formula is C25H22F2N2O2. The van der Waals surface area contributed by atoms with Crippen molar-refractivity contribution in [3.05, 3.63) is 95.1 Å². The van der Waals surface area contributed by atoms with Crippen LogP contribution >= 0.6 is 0 Å². The third-order valence-corrected chi connectivity index (χ3v) is 5.39. The molecule has 0 unspecified atom stereocenters. The van der Waals surface area contributed by atoms with Crippen LogP contribution in [0.1, 0.15) is 34.3 Å². The van der Waals surface area contributed by atoms with Gasteiger partial charge in [0.2, 0.25) is 5.91 Å². The number of carbonyl (C=O) groups is 2. The van der Waals surface area contributed by atoms with Gasteiger partial charge in [-0.25, -0.2) is 8.78 Å². The van der Waals surface area contributed by atoms with Crippen LogP contribution in [-0.2, 0) is 17.9 Å². The number of rotatable bonds is 6. The Hall–Kier alpha value is -3.54. The molecule has 0 spiro atoms. The van der Waals surface area contributed by atoms with Crippen LogP contribution in [0.5, 0.6) is 0 Å². The van der Waals surface area contributed by atoms with Crippen LogP contribution in [0.15, 0.2) is 66.7 Å². The summed E-state index contributed by atoms with van der Waals surface area (Å²) >= 11 is 0. The first-order valence-electron chi connectivity index (χ1n) is 10.2. The van der Waals surface area contributed by atoms with Crippen LogP contribution in [0.3, 0.4) is 0 Å². The quantitative estimate of drug-likeness (QED) is 0.629. The number of benzene rings is 3. The lowest BCUT2D eigenvalue weighted by Crippen LogP contribution is -2.23. The fourth-order valence-corrected chi connectivity index (χ4v) is 3.80. The Balaban J connectivity index is 1.46. The molecule has 6 heteroatoms. The van der Waals surface area contributed by atoms with Gasteiger partial charge in [0, 0.05) is 37.7 Å². The number of nitrogens with one attached hydrogen (secondary N) is 1. The first-order valence-corrected chi connectivity index (χ1v) is 10.2. The standard InChI is InChI=1S/C25H22F2N2O2/c26-21-12-20(13-22(27)14-21)25(31)28-15-19-4-1-2-5-23(19)18-9-7-17(8-10-18)16-29-11-3-6-24(29)30/h1-2,4-5,7-10,12-14H,3,6,11,15-16H2,(H,28,31). The van der Waals surface area contributed by atoms with Crippen LogP contribution in [0.4, 0.5) is 8.78 Å². The number of likely N-dealkylation sites (tertiary alicyclic amines) is 1. The maximum atomic E-state index is 13.4. The zero-order chi connectivity index (χ0) is 21.8. The van der Waals surface area contributed by atoms with E-state index < -0.39 is 17.5 Å². The van der Waals surface area contributed by atoms with Gasteiger partial charge in [-0.3, -0.25) is 9.59 Å². The second kappa shape index (κ2) is 9.08. The highest BCUT2D eigenvalue weighted by atomic mass is 19.1. The summed E-state index contributed by atoms with van der Waals surface area (Å²) in [7, 11) is 0. The first-order chi connectivity index (χ1) is 15.0. The van der Waals surface area contributed by atoms with E-state index in [1.807, 2.05) is 53.4 Å². The molecule has 0 aliphatic carbocycles. The minimum absolute atomic E-state index is 0.0595. The van der Waals surface area contributed by atoms with Crippen molar-refractivity contribution in [3.63, 3.8) is 0 Å². The highest BCUT2D eigenvalue weighted by molar-refractivity contribution is 5.94. The molecule has 158 valence electrons. The summed E-state index contributed by atoms with van der Waals surface area (Å²) < 4.78 is 26.8. The van der Waals surface area contributed by atoms with Crippen molar-refractivity contribution in [1.29, 1.82) is 0 Å². The fourth-order valence-electron chi connectivity index (χ4n) is 3.80. The molecule has 4 nitrogen and oxygen atoms in total. The van der Waals surface area contributed by atoms with Crippen molar-refractivity contribution in [3.8, 4) is 11.1 Å². The molecule has 1 heterocycles. The van der Waals surface area contributed by atoms with E-state index in [2.05, 4.69) is 5.32 Å². The van der Waals surface area contributed by atoms with Gasteiger partial charge in [0.05, 0.1) is 0 Å². The average Bonchev–Trinajstić information content (AvgIpc) is 3.16. The lowest BCUT2D eigenvalue weighted by molar-refractivity contribution is -0.128. The Kier molecular flexibility index (Phi) is 6.07. The molecule has 0 bridgehead atoms. The Labute approximate surface area is 179 Å². The summed E-state index contributed by atoms with van der Waals surface area (Å²) in [5, 5.41) is 2.73. The van der Waals surface area contributed by atoms with Crippen LogP contribution in [-0.4, -0.2) is 23.3 Å². The van der Waals surface area contributed by atoms with Crippen molar-refractivity contribution >= 4 is 11.8 Å². The molecule has 31 heavy (non-hydrogen) atoms. The first kappa shape index (κ1) is 20.7. The Morgan fingerprint density at radius 2 is 1.68 bits per heavy atom. The smallest absolute Gasteiger partial charge is 0.251 e. The zero-order valence-corrected chi connectivity index (χ0v) is 16.9. The predicted octanol–water partition coefficient (Wildman–Crippen LogP) is 4.68. The van der Waals surface area contributed by atoms with Crippen LogP contribution in [0, 0.1) is 11.6 Å². The largest absolute Gasteiger partial charge is 0.348 e. The van der Waals surface area contributed by atoms with Crippen LogP contribution in [0.2, 0.25) is 0 Å². The van der Waals surface area contributed by atoms with Gasteiger partial charge in [-0.2, -0.15) is 0 Å². The molecule has 2 amide bonds. The molecule has 0 aromatic heterocycles. The van der Waals surface area contributed by atoms with E-state index in [0.717, 1.165) is 53.4 Å². The van der Waals surface area contributed by atoms with E-state index in [9.17, 15) is 18.4 Å². The number of hydrogen-bond donors (Lipinski definition) is 1. The third kappa shape index (κ3) is 4.97. The topological polar surface area (TPSA) is 49.4 Å². The SMILES string of the molecule is O=C(NCc1ccccc1-c1ccc(CN2CCCC2=O)cc1)c1cc(F)cc(F)c1. The lowest BCUT2D eigenvalue weighted by atomic mass is 9.98. The Morgan fingerprint density at radius 3 is 2.35 bits per heavy atom. The molecule has 4 rings (SSSR count). The molecular weight excluding hydrogens is 398 g/mol. The van der Waals surface area contributed by atoms with Crippen LogP contribution < -0.4 is 5.32 Å². The Morgan fingerprint density at radius 1 is 0.968 bits per heavy atom. The van der Waals surface area contributed by atoms with Gasteiger partial charge in [0.15, 0.2) is 0 Å². The second-order valence-corrected chi connectivity index (χ2v) is 7.61. The van der Waals surface area contributed by atoms with Gasteiger partial charge in [0.25, 0.3) is 5.91 Å². The lowest BCUT2D eigenvalue weighted by Gasteiger charge is -2.16. The van der Waals surface area contributed by atoms with Gasteiger partial charge in [-0.05, 0) is 40.8 Å². The van der Waals surface area contributed by atoms with Gasteiger partial charge in [-0.15, -0.1) is 0 Å². The summed E-state index contributed by atoms with van der Waals surface area (Å²) in [6.45, 7) is 1.64. The van der Waals surface area contributed by atoms with E-state index >= 15 is 0 Å². The molecule has 0 saturated carbocycles. The minimum atomic E-state index is -0.790. The number of nitrogens with zero attached hydrogens (tertiary/aromatic N) is 1. The molecule has 1 fully saturated rings. The fraction of sp³-hybridized carbons (Fsp3) is 0.200.